The second kappa shape index (κ2) is 10.3. The van der Waals surface area contributed by atoms with Gasteiger partial charge in [-0.25, -0.2) is 9.59 Å². The van der Waals surface area contributed by atoms with Gasteiger partial charge in [0.15, 0.2) is 0 Å². The van der Waals surface area contributed by atoms with Crippen LogP contribution in [0.15, 0.2) is 64.3 Å². The Labute approximate surface area is 184 Å². The fraction of sp³-hybridized carbons (Fsp3) is 0.304. The molecule has 0 radical (unpaired) electrons. The summed E-state index contributed by atoms with van der Waals surface area (Å²) in [6.45, 7) is 2.42. The van der Waals surface area contributed by atoms with Crippen LogP contribution >= 0.6 is 15.9 Å². The zero-order chi connectivity index (χ0) is 21.5. The van der Waals surface area contributed by atoms with Gasteiger partial charge in [-0.05, 0) is 36.6 Å². The lowest BCUT2D eigenvalue weighted by molar-refractivity contribution is -0.136. The molecule has 7 heteroatoms. The van der Waals surface area contributed by atoms with Crippen LogP contribution < -0.4 is 15.4 Å². The summed E-state index contributed by atoms with van der Waals surface area (Å²) >= 11 is 3.43. The van der Waals surface area contributed by atoms with Gasteiger partial charge in [-0.15, -0.1) is 0 Å². The van der Waals surface area contributed by atoms with Crippen LogP contribution in [0.1, 0.15) is 43.4 Å². The number of ether oxygens (including phenoxy) is 2. The monoisotopic (exact) mass is 472 g/mol. The Kier molecular flexibility index (Phi) is 7.52. The third kappa shape index (κ3) is 5.21. The summed E-state index contributed by atoms with van der Waals surface area (Å²) in [5.74, 6) is 0.130. The van der Waals surface area contributed by atoms with Crippen molar-refractivity contribution >= 4 is 27.9 Å². The fourth-order valence-electron chi connectivity index (χ4n) is 3.35. The molecule has 0 aliphatic carbocycles. The zero-order valence-electron chi connectivity index (χ0n) is 17.0. The Morgan fingerprint density at radius 3 is 2.57 bits per heavy atom. The number of esters is 1. The summed E-state index contributed by atoms with van der Waals surface area (Å²) in [6.07, 6.45) is 2.39. The molecule has 0 saturated carbocycles. The molecule has 0 bridgehead atoms. The van der Waals surface area contributed by atoms with Crippen molar-refractivity contribution in [2.45, 2.75) is 38.8 Å². The maximum Gasteiger partial charge on any atom is 0.337 e. The van der Waals surface area contributed by atoms with Crippen molar-refractivity contribution in [1.29, 1.82) is 0 Å². The van der Waals surface area contributed by atoms with Crippen LogP contribution in [0.3, 0.4) is 0 Å². The summed E-state index contributed by atoms with van der Waals surface area (Å²) in [7, 11) is 1.34. The van der Waals surface area contributed by atoms with Crippen LogP contribution in [0.25, 0.3) is 0 Å². The highest BCUT2D eigenvalue weighted by Crippen LogP contribution is 2.35. The van der Waals surface area contributed by atoms with Gasteiger partial charge in [0.25, 0.3) is 0 Å². The minimum absolute atomic E-state index is 0.346. The van der Waals surface area contributed by atoms with Gasteiger partial charge in [-0.3, -0.25) is 0 Å². The van der Waals surface area contributed by atoms with Gasteiger partial charge in [-0.2, -0.15) is 0 Å². The molecule has 6 nitrogen and oxygen atoms in total. The Morgan fingerprint density at radius 1 is 1.13 bits per heavy atom. The van der Waals surface area contributed by atoms with Crippen molar-refractivity contribution in [3.05, 3.63) is 75.4 Å². The SMILES string of the molecule is CCCCC1=C(C(=O)OC)C(c2ccccc2OCc2ccc(Br)cc2)NC(=O)N1. The largest absolute Gasteiger partial charge is 0.489 e. The van der Waals surface area contributed by atoms with Gasteiger partial charge in [0.2, 0.25) is 0 Å². The number of unbranched alkanes of at least 4 members (excludes halogenated alkanes) is 1. The number of rotatable bonds is 8. The Balaban J connectivity index is 1.94. The third-order valence-electron chi connectivity index (χ3n) is 4.88. The van der Waals surface area contributed by atoms with Gasteiger partial charge in [0, 0.05) is 15.7 Å². The number of benzene rings is 2. The molecule has 3 rings (SSSR count). The van der Waals surface area contributed by atoms with E-state index in [0.29, 0.717) is 35.6 Å². The van der Waals surface area contributed by atoms with E-state index in [-0.39, 0.29) is 6.03 Å². The molecular weight excluding hydrogens is 448 g/mol. The minimum Gasteiger partial charge on any atom is -0.489 e. The molecule has 158 valence electrons. The smallest absolute Gasteiger partial charge is 0.337 e. The fourth-order valence-corrected chi connectivity index (χ4v) is 3.61. The third-order valence-corrected chi connectivity index (χ3v) is 5.41. The summed E-state index contributed by atoms with van der Waals surface area (Å²) in [6, 6.07) is 14.3. The molecule has 0 fully saturated rings. The molecule has 2 aromatic rings. The van der Waals surface area contributed by atoms with E-state index in [1.54, 1.807) is 0 Å². The number of carbonyl (C=O) groups is 2. The van der Waals surface area contributed by atoms with E-state index in [4.69, 9.17) is 9.47 Å². The summed E-state index contributed by atoms with van der Waals surface area (Å²) in [4.78, 5) is 25.0. The van der Waals surface area contributed by atoms with Crippen molar-refractivity contribution in [3.8, 4) is 5.75 Å². The molecule has 1 atom stereocenters. The molecule has 1 aliphatic rings. The molecule has 1 aliphatic heterocycles. The number of allylic oxidation sites excluding steroid dienone is 1. The number of amides is 2. The lowest BCUT2D eigenvalue weighted by Gasteiger charge is -2.30. The number of urea groups is 1. The molecule has 30 heavy (non-hydrogen) atoms. The van der Waals surface area contributed by atoms with Crippen LogP contribution in [-0.4, -0.2) is 19.1 Å². The van der Waals surface area contributed by atoms with Crippen molar-refractivity contribution in [2.75, 3.05) is 7.11 Å². The van der Waals surface area contributed by atoms with Gasteiger partial charge in [-0.1, -0.05) is 59.6 Å². The zero-order valence-corrected chi connectivity index (χ0v) is 18.6. The molecule has 2 aromatic carbocycles. The molecule has 0 saturated heterocycles. The second-order valence-electron chi connectivity index (χ2n) is 6.97. The predicted molar refractivity (Wildman–Crippen MR) is 118 cm³/mol. The maximum absolute atomic E-state index is 12.6. The van der Waals surface area contributed by atoms with Crippen LogP contribution in [0.4, 0.5) is 4.79 Å². The molecule has 1 unspecified atom stereocenters. The highest BCUT2D eigenvalue weighted by atomic mass is 79.9. The molecule has 0 aromatic heterocycles. The van der Waals surface area contributed by atoms with Gasteiger partial charge >= 0.3 is 12.0 Å². The first-order valence-electron chi connectivity index (χ1n) is 9.88. The lowest BCUT2D eigenvalue weighted by atomic mass is 9.93. The Hall–Kier alpha value is -2.80. The molecule has 1 heterocycles. The van der Waals surface area contributed by atoms with Crippen molar-refractivity contribution in [2.24, 2.45) is 0 Å². The second-order valence-corrected chi connectivity index (χ2v) is 7.89. The van der Waals surface area contributed by atoms with Crippen LogP contribution in [0.5, 0.6) is 5.75 Å². The first-order chi connectivity index (χ1) is 14.5. The van der Waals surface area contributed by atoms with Crippen molar-refractivity contribution in [1.82, 2.24) is 10.6 Å². The number of para-hydroxylation sites is 1. The van der Waals surface area contributed by atoms with E-state index in [1.165, 1.54) is 7.11 Å². The number of methoxy groups -OCH3 is 1. The van der Waals surface area contributed by atoms with E-state index in [9.17, 15) is 9.59 Å². The number of carbonyl (C=O) groups excluding carboxylic acids is 2. The minimum atomic E-state index is -0.654. The molecule has 0 spiro atoms. The van der Waals surface area contributed by atoms with Crippen molar-refractivity contribution < 1.29 is 19.1 Å². The average Bonchev–Trinajstić information content (AvgIpc) is 2.76. The standard InChI is InChI=1S/C23H25BrN2O4/c1-3-4-8-18-20(22(27)29-2)21(26-23(28)25-18)17-7-5-6-9-19(17)30-14-15-10-12-16(24)13-11-15/h5-7,9-13,21H,3-4,8,14H2,1-2H3,(H2,25,26,28). The normalized spacial score (nSPS) is 16.0. The van der Waals surface area contributed by atoms with E-state index in [1.807, 2.05) is 48.5 Å². The van der Waals surface area contributed by atoms with Crippen molar-refractivity contribution in [3.63, 3.8) is 0 Å². The first kappa shape index (κ1) is 21.9. The predicted octanol–water partition coefficient (Wildman–Crippen LogP) is 5.00. The Bertz CT molecular complexity index is 940. The molecule has 2 amide bonds. The van der Waals surface area contributed by atoms with E-state index in [2.05, 4.69) is 33.5 Å². The summed E-state index contributed by atoms with van der Waals surface area (Å²) in [5.41, 5.74) is 2.72. The van der Waals surface area contributed by atoms with Crippen LogP contribution in [-0.2, 0) is 16.1 Å². The number of halogens is 1. The first-order valence-corrected chi connectivity index (χ1v) is 10.7. The van der Waals surface area contributed by atoms with E-state index < -0.39 is 12.0 Å². The molecule has 2 N–H and O–H groups in total. The van der Waals surface area contributed by atoms with Crippen LogP contribution in [0.2, 0.25) is 0 Å². The number of hydrogen-bond donors (Lipinski definition) is 2. The average molecular weight is 473 g/mol. The van der Waals surface area contributed by atoms with Crippen LogP contribution in [0, 0.1) is 0 Å². The van der Waals surface area contributed by atoms with Gasteiger partial charge < -0.3 is 20.1 Å². The van der Waals surface area contributed by atoms with E-state index in [0.717, 1.165) is 22.9 Å². The quantitative estimate of drug-likeness (QED) is 0.530. The number of nitrogens with one attached hydrogen (secondary N) is 2. The summed E-state index contributed by atoms with van der Waals surface area (Å²) < 4.78 is 12.1. The topological polar surface area (TPSA) is 76.7 Å². The summed E-state index contributed by atoms with van der Waals surface area (Å²) in [5, 5.41) is 5.64. The molecular formula is C23H25BrN2O4. The highest BCUT2D eigenvalue weighted by molar-refractivity contribution is 9.10. The highest BCUT2D eigenvalue weighted by Gasteiger charge is 2.34. The van der Waals surface area contributed by atoms with E-state index >= 15 is 0 Å². The van der Waals surface area contributed by atoms with Gasteiger partial charge in [0.05, 0.1) is 18.7 Å². The Morgan fingerprint density at radius 2 is 1.87 bits per heavy atom. The lowest BCUT2D eigenvalue weighted by Crippen LogP contribution is -2.46. The maximum atomic E-state index is 12.6. The number of hydrogen-bond acceptors (Lipinski definition) is 4. The van der Waals surface area contributed by atoms with Gasteiger partial charge in [0.1, 0.15) is 12.4 Å².